The molecular formula is C26H27ClN2O2. The number of rotatable bonds is 4. The molecule has 1 aliphatic carbocycles. The van der Waals surface area contributed by atoms with Gasteiger partial charge in [-0.2, -0.15) is 0 Å². The number of carbonyl (C=O) groups is 1. The number of hydrogen-bond acceptors (Lipinski definition) is 3. The number of anilines is 1. The third-order valence-electron chi connectivity index (χ3n) is 6.32. The SMILES string of the molecule is Cl.O=C(Nc1ccccc1C1CCNCC1)OCC1c2ccccc2-c2ccccc21. The van der Waals surface area contributed by atoms with E-state index in [2.05, 4.69) is 53.1 Å². The van der Waals surface area contributed by atoms with E-state index >= 15 is 0 Å². The van der Waals surface area contributed by atoms with Crippen molar-refractivity contribution in [1.29, 1.82) is 0 Å². The van der Waals surface area contributed by atoms with E-state index in [0.29, 0.717) is 12.5 Å². The lowest BCUT2D eigenvalue weighted by atomic mass is 9.89. The Labute approximate surface area is 189 Å². The van der Waals surface area contributed by atoms with Gasteiger partial charge >= 0.3 is 6.09 Å². The zero-order valence-corrected chi connectivity index (χ0v) is 18.2. The van der Waals surface area contributed by atoms with E-state index in [1.807, 2.05) is 30.3 Å². The van der Waals surface area contributed by atoms with E-state index in [1.165, 1.54) is 27.8 Å². The average Bonchev–Trinajstić information content (AvgIpc) is 3.12. The second-order valence-electron chi connectivity index (χ2n) is 8.06. The minimum atomic E-state index is -0.391. The highest BCUT2D eigenvalue weighted by atomic mass is 35.5. The maximum absolute atomic E-state index is 12.7. The molecule has 5 heteroatoms. The molecule has 3 aromatic carbocycles. The molecular weight excluding hydrogens is 408 g/mol. The lowest BCUT2D eigenvalue weighted by Crippen LogP contribution is -2.27. The summed E-state index contributed by atoms with van der Waals surface area (Å²) in [6.45, 7) is 2.36. The number of halogens is 1. The van der Waals surface area contributed by atoms with E-state index in [0.717, 1.165) is 31.6 Å². The topological polar surface area (TPSA) is 50.4 Å². The first kappa shape index (κ1) is 21.4. The Morgan fingerprint density at radius 1 is 0.839 bits per heavy atom. The fourth-order valence-electron chi connectivity index (χ4n) is 4.84. The Bertz CT molecular complexity index is 1020. The Hall–Kier alpha value is -2.82. The zero-order chi connectivity index (χ0) is 20.3. The summed E-state index contributed by atoms with van der Waals surface area (Å²) in [5.41, 5.74) is 6.98. The van der Waals surface area contributed by atoms with Crippen LogP contribution in [0.25, 0.3) is 11.1 Å². The minimum Gasteiger partial charge on any atom is -0.448 e. The van der Waals surface area contributed by atoms with Crippen molar-refractivity contribution in [2.75, 3.05) is 25.0 Å². The molecule has 0 radical (unpaired) electrons. The maximum Gasteiger partial charge on any atom is 0.411 e. The van der Waals surface area contributed by atoms with E-state index in [9.17, 15) is 4.79 Å². The van der Waals surface area contributed by atoms with Crippen LogP contribution in [-0.4, -0.2) is 25.8 Å². The quantitative estimate of drug-likeness (QED) is 0.534. The first-order valence-corrected chi connectivity index (χ1v) is 10.7. The van der Waals surface area contributed by atoms with Crippen LogP contribution in [0.4, 0.5) is 10.5 Å². The van der Waals surface area contributed by atoms with Crippen molar-refractivity contribution >= 4 is 24.2 Å². The number of hydrogen-bond donors (Lipinski definition) is 2. The molecule has 0 spiro atoms. The molecule has 0 aromatic heterocycles. The summed E-state index contributed by atoms with van der Waals surface area (Å²) in [6, 6.07) is 24.9. The number of benzene rings is 3. The lowest BCUT2D eigenvalue weighted by molar-refractivity contribution is 0.158. The standard InChI is InChI=1S/C26H26N2O2.ClH/c29-26(28-25-12-6-5-7-19(25)18-13-15-27-16-14-18)30-17-24-22-10-3-1-8-20(22)21-9-2-4-11-23(21)24;/h1-12,18,24,27H,13-17H2,(H,28,29);1H. The van der Waals surface area contributed by atoms with Crippen molar-refractivity contribution in [3.8, 4) is 11.1 Å². The molecule has 0 bridgehead atoms. The first-order valence-electron chi connectivity index (χ1n) is 10.7. The molecule has 160 valence electrons. The Kier molecular flexibility index (Phi) is 6.59. The van der Waals surface area contributed by atoms with Crippen molar-refractivity contribution in [3.63, 3.8) is 0 Å². The van der Waals surface area contributed by atoms with Gasteiger partial charge in [0.05, 0.1) is 0 Å². The van der Waals surface area contributed by atoms with Gasteiger partial charge in [0.25, 0.3) is 0 Å². The number of amides is 1. The fourth-order valence-corrected chi connectivity index (χ4v) is 4.84. The molecule has 1 fully saturated rings. The van der Waals surface area contributed by atoms with Gasteiger partial charge in [0, 0.05) is 11.6 Å². The third kappa shape index (κ3) is 4.32. The van der Waals surface area contributed by atoms with Crippen molar-refractivity contribution < 1.29 is 9.53 Å². The molecule has 1 aliphatic heterocycles. The van der Waals surface area contributed by atoms with Crippen LogP contribution < -0.4 is 10.6 Å². The monoisotopic (exact) mass is 434 g/mol. The van der Waals surface area contributed by atoms with E-state index in [4.69, 9.17) is 4.74 Å². The molecule has 0 atom stereocenters. The number of para-hydroxylation sites is 1. The Balaban J connectivity index is 0.00000231. The smallest absolute Gasteiger partial charge is 0.411 e. The van der Waals surface area contributed by atoms with Gasteiger partial charge in [0.15, 0.2) is 0 Å². The molecule has 4 nitrogen and oxygen atoms in total. The van der Waals surface area contributed by atoms with Crippen molar-refractivity contribution in [2.24, 2.45) is 0 Å². The van der Waals surface area contributed by atoms with Gasteiger partial charge in [-0.05, 0) is 65.7 Å². The molecule has 5 rings (SSSR count). The minimum absolute atomic E-state index is 0. The van der Waals surface area contributed by atoms with Crippen molar-refractivity contribution in [3.05, 3.63) is 89.5 Å². The van der Waals surface area contributed by atoms with Crippen LogP contribution >= 0.6 is 12.4 Å². The average molecular weight is 435 g/mol. The van der Waals surface area contributed by atoms with Gasteiger partial charge in [-0.3, -0.25) is 5.32 Å². The van der Waals surface area contributed by atoms with Crippen LogP contribution in [0.1, 0.15) is 41.4 Å². The predicted molar refractivity (Wildman–Crippen MR) is 127 cm³/mol. The number of ether oxygens (including phenoxy) is 1. The van der Waals surface area contributed by atoms with Gasteiger partial charge < -0.3 is 10.1 Å². The summed E-state index contributed by atoms with van der Waals surface area (Å²) in [6.07, 6.45) is 1.78. The number of nitrogens with one attached hydrogen (secondary N) is 2. The number of piperidine rings is 1. The van der Waals surface area contributed by atoms with Gasteiger partial charge in [-0.1, -0.05) is 66.7 Å². The van der Waals surface area contributed by atoms with Gasteiger partial charge in [0.1, 0.15) is 6.61 Å². The van der Waals surface area contributed by atoms with Crippen LogP contribution in [0, 0.1) is 0 Å². The summed E-state index contributed by atoms with van der Waals surface area (Å²) >= 11 is 0. The normalized spacial score (nSPS) is 15.5. The molecule has 1 amide bonds. The molecule has 31 heavy (non-hydrogen) atoms. The summed E-state index contributed by atoms with van der Waals surface area (Å²) in [5, 5.41) is 6.40. The Morgan fingerprint density at radius 3 is 2.03 bits per heavy atom. The lowest BCUT2D eigenvalue weighted by Gasteiger charge is -2.25. The maximum atomic E-state index is 12.7. The number of fused-ring (bicyclic) bond motifs is 3. The van der Waals surface area contributed by atoms with Crippen LogP contribution in [0.2, 0.25) is 0 Å². The molecule has 0 unspecified atom stereocenters. The highest BCUT2D eigenvalue weighted by Crippen LogP contribution is 2.44. The summed E-state index contributed by atoms with van der Waals surface area (Å²) in [5.74, 6) is 0.541. The van der Waals surface area contributed by atoms with E-state index in [-0.39, 0.29) is 18.3 Å². The zero-order valence-electron chi connectivity index (χ0n) is 17.3. The summed E-state index contributed by atoms with van der Waals surface area (Å²) in [7, 11) is 0. The molecule has 3 aromatic rings. The van der Waals surface area contributed by atoms with Gasteiger partial charge in [-0.25, -0.2) is 4.79 Å². The Morgan fingerprint density at radius 2 is 1.39 bits per heavy atom. The largest absolute Gasteiger partial charge is 0.448 e. The highest BCUT2D eigenvalue weighted by molar-refractivity contribution is 5.86. The second-order valence-corrected chi connectivity index (χ2v) is 8.06. The fraction of sp³-hybridized carbons (Fsp3) is 0.269. The van der Waals surface area contributed by atoms with Crippen LogP contribution in [0.3, 0.4) is 0 Å². The van der Waals surface area contributed by atoms with E-state index in [1.54, 1.807) is 0 Å². The molecule has 1 heterocycles. The first-order chi connectivity index (χ1) is 14.8. The predicted octanol–water partition coefficient (Wildman–Crippen LogP) is 5.94. The van der Waals surface area contributed by atoms with Gasteiger partial charge in [0.2, 0.25) is 0 Å². The molecule has 2 N–H and O–H groups in total. The molecule has 1 saturated heterocycles. The highest BCUT2D eigenvalue weighted by Gasteiger charge is 2.29. The second kappa shape index (κ2) is 9.54. The van der Waals surface area contributed by atoms with Crippen LogP contribution in [0.15, 0.2) is 72.8 Å². The van der Waals surface area contributed by atoms with Crippen LogP contribution in [0.5, 0.6) is 0 Å². The third-order valence-corrected chi connectivity index (χ3v) is 6.32. The van der Waals surface area contributed by atoms with Crippen molar-refractivity contribution in [2.45, 2.75) is 24.7 Å². The summed E-state index contributed by atoms with van der Waals surface area (Å²) < 4.78 is 5.72. The van der Waals surface area contributed by atoms with Gasteiger partial charge in [-0.15, -0.1) is 12.4 Å². The number of carbonyl (C=O) groups excluding carboxylic acids is 1. The van der Waals surface area contributed by atoms with Crippen molar-refractivity contribution in [1.82, 2.24) is 5.32 Å². The molecule has 0 saturated carbocycles. The summed E-state index contributed by atoms with van der Waals surface area (Å²) in [4.78, 5) is 12.7. The molecule has 2 aliphatic rings. The van der Waals surface area contributed by atoms with E-state index < -0.39 is 6.09 Å². The van der Waals surface area contributed by atoms with Crippen LogP contribution in [-0.2, 0) is 4.74 Å².